The highest BCUT2D eigenvalue weighted by atomic mass is 19.3. The summed E-state index contributed by atoms with van der Waals surface area (Å²) in [7, 11) is 0. The number of aliphatic carboxylic acids is 1. The third-order valence-electron chi connectivity index (χ3n) is 8.29. The minimum absolute atomic E-state index is 0.0166. The number of fused-ring (bicyclic) bond motifs is 1. The Morgan fingerprint density at radius 1 is 1.02 bits per heavy atom. The Kier molecular flexibility index (Phi) is 9.50. The highest BCUT2D eigenvalue weighted by Crippen LogP contribution is 2.44. The maximum absolute atomic E-state index is 13.8. The van der Waals surface area contributed by atoms with Gasteiger partial charge in [-0.2, -0.15) is 8.78 Å². The van der Waals surface area contributed by atoms with Gasteiger partial charge in [-0.05, 0) is 97.4 Å². The number of alkyl halides is 2. The number of ether oxygens (including phenoxy) is 1. The Morgan fingerprint density at radius 2 is 1.71 bits per heavy atom. The van der Waals surface area contributed by atoms with E-state index in [1.807, 2.05) is 17.0 Å². The zero-order valence-corrected chi connectivity index (χ0v) is 23.8. The first kappa shape index (κ1) is 30.3. The Balaban J connectivity index is 1.54. The number of nitrogens with zero attached hydrogens (tertiary/aromatic N) is 1. The third kappa shape index (κ3) is 7.74. The predicted molar refractivity (Wildman–Crippen MR) is 151 cm³/mol. The number of carbonyl (C=O) groups excluding carboxylic acids is 2. The fourth-order valence-corrected chi connectivity index (χ4v) is 6.10. The van der Waals surface area contributed by atoms with Gasteiger partial charge in [0.15, 0.2) is 0 Å². The van der Waals surface area contributed by atoms with E-state index >= 15 is 0 Å². The number of anilines is 1. The predicted octanol–water partition coefficient (Wildman–Crippen LogP) is 6.62. The van der Waals surface area contributed by atoms with Gasteiger partial charge in [0.1, 0.15) is 5.75 Å². The zero-order valence-electron chi connectivity index (χ0n) is 23.8. The second-order valence-corrected chi connectivity index (χ2v) is 12.0. The van der Waals surface area contributed by atoms with Gasteiger partial charge >= 0.3 is 18.6 Å². The van der Waals surface area contributed by atoms with Crippen molar-refractivity contribution in [2.45, 2.75) is 84.4 Å². The van der Waals surface area contributed by atoms with E-state index in [-0.39, 0.29) is 48.2 Å². The van der Waals surface area contributed by atoms with Gasteiger partial charge in [0.25, 0.3) is 5.91 Å². The smallest absolute Gasteiger partial charge is 0.387 e. The van der Waals surface area contributed by atoms with Crippen molar-refractivity contribution in [2.24, 2.45) is 11.3 Å². The number of halogens is 2. The molecule has 222 valence electrons. The van der Waals surface area contributed by atoms with E-state index in [2.05, 4.69) is 36.1 Å². The van der Waals surface area contributed by atoms with Gasteiger partial charge < -0.3 is 25.4 Å². The van der Waals surface area contributed by atoms with Crippen molar-refractivity contribution in [2.75, 3.05) is 11.9 Å². The molecule has 0 spiro atoms. The van der Waals surface area contributed by atoms with Crippen molar-refractivity contribution >= 4 is 23.6 Å². The van der Waals surface area contributed by atoms with E-state index in [1.54, 1.807) is 18.2 Å². The molecule has 3 amide bonds. The monoisotopic (exact) mass is 571 g/mol. The summed E-state index contributed by atoms with van der Waals surface area (Å²) in [6.45, 7) is 3.90. The summed E-state index contributed by atoms with van der Waals surface area (Å²) in [6.07, 6.45) is 5.07. The minimum Gasteiger partial charge on any atom is -0.481 e. The van der Waals surface area contributed by atoms with Gasteiger partial charge in [-0.15, -0.1) is 0 Å². The molecule has 4 rings (SSSR count). The average Bonchev–Trinajstić information content (AvgIpc) is 3.32. The topological polar surface area (TPSA) is 108 Å². The number of benzene rings is 2. The van der Waals surface area contributed by atoms with Crippen molar-refractivity contribution in [1.29, 1.82) is 0 Å². The van der Waals surface area contributed by atoms with Crippen LogP contribution in [0, 0.1) is 11.3 Å². The second-order valence-electron chi connectivity index (χ2n) is 12.0. The standard InChI is InChI=1S/C31H39F2N3O5/c1-31(2,3)21-6-10-23(11-7-21)36(30(40)35-22-8-12-24(13-9-22)41-29(32)33)26-15-5-19-18-20(4-14-25(19)26)28(39)34-17-16-27(37)38/h4,8-9,12-14,18,21,23,26,29H,5-7,10-11,15-17H2,1-3H3,(H,34,39)(H,35,40)(H,37,38). The SMILES string of the molecule is CC(C)(C)C1CCC(N(C(=O)Nc2ccc(OC(F)F)cc2)C2CCc3cc(C(=O)NCCC(=O)O)ccc32)CC1. The van der Waals surface area contributed by atoms with E-state index in [0.717, 1.165) is 36.8 Å². The summed E-state index contributed by atoms with van der Waals surface area (Å²) in [5, 5.41) is 14.4. The Hall–Kier alpha value is -3.69. The summed E-state index contributed by atoms with van der Waals surface area (Å²) in [5.74, 6) is -0.715. The summed E-state index contributed by atoms with van der Waals surface area (Å²) in [5.41, 5.74) is 3.14. The molecule has 0 bridgehead atoms. The van der Waals surface area contributed by atoms with Crippen LogP contribution in [0.1, 0.15) is 86.8 Å². The van der Waals surface area contributed by atoms with Gasteiger partial charge in [0, 0.05) is 23.8 Å². The number of carbonyl (C=O) groups is 3. The van der Waals surface area contributed by atoms with E-state index < -0.39 is 12.6 Å². The Morgan fingerprint density at radius 3 is 2.32 bits per heavy atom. The summed E-state index contributed by atoms with van der Waals surface area (Å²) >= 11 is 0. The van der Waals surface area contributed by atoms with Crippen LogP contribution in [-0.4, -0.2) is 47.1 Å². The van der Waals surface area contributed by atoms with E-state index in [4.69, 9.17) is 5.11 Å². The van der Waals surface area contributed by atoms with E-state index in [1.165, 1.54) is 12.1 Å². The van der Waals surface area contributed by atoms with Crippen LogP contribution in [-0.2, 0) is 11.2 Å². The highest BCUT2D eigenvalue weighted by molar-refractivity contribution is 5.95. The molecular weight excluding hydrogens is 532 g/mol. The van der Waals surface area contributed by atoms with Gasteiger partial charge in [-0.3, -0.25) is 9.59 Å². The molecule has 1 fully saturated rings. The number of aryl methyl sites for hydroxylation is 1. The Labute approximate surface area is 239 Å². The normalized spacial score (nSPS) is 20.3. The summed E-state index contributed by atoms with van der Waals surface area (Å²) in [4.78, 5) is 39.1. The van der Waals surface area contributed by atoms with Gasteiger partial charge in [-0.1, -0.05) is 26.8 Å². The van der Waals surface area contributed by atoms with Crippen LogP contribution in [0.4, 0.5) is 19.3 Å². The summed E-state index contributed by atoms with van der Waals surface area (Å²) < 4.78 is 29.5. The summed E-state index contributed by atoms with van der Waals surface area (Å²) in [6, 6.07) is 10.9. The zero-order chi connectivity index (χ0) is 29.7. The lowest BCUT2D eigenvalue weighted by Gasteiger charge is -2.43. The molecule has 8 nitrogen and oxygen atoms in total. The average molecular weight is 572 g/mol. The quantitative estimate of drug-likeness (QED) is 0.314. The molecule has 2 aliphatic rings. The van der Waals surface area contributed by atoms with Crippen LogP contribution < -0.4 is 15.4 Å². The number of nitrogens with one attached hydrogen (secondary N) is 2. The first-order chi connectivity index (χ1) is 19.4. The molecule has 0 heterocycles. The molecule has 0 aliphatic heterocycles. The number of urea groups is 1. The van der Waals surface area contributed by atoms with Crippen LogP contribution >= 0.6 is 0 Å². The molecule has 10 heteroatoms. The second kappa shape index (κ2) is 12.9. The largest absolute Gasteiger partial charge is 0.481 e. The molecule has 1 saturated carbocycles. The van der Waals surface area contributed by atoms with Crippen molar-refractivity contribution in [3.8, 4) is 5.75 Å². The van der Waals surface area contributed by atoms with Gasteiger partial charge in [0.2, 0.25) is 0 Å². The van der Waals surface area contributed by atoms with Crippen molar-refractivity contribution in [1.82, 2.24) is 10.2 Å². The van der Waals surface area contributed by atoms with Crippen LogP contribution in [0.2, 0.25) is 0 Å². The molecule has 1 unspecified atom stereocenters. The van der Waals surface area contributed by atoms with E-state index in [0.29, 0.717) is 30.0 Å². The van der Waals surface area contributed by atoms with Gasteiger partial charge in [0.05, 0.1) is 12.5 Å². The molecule has 0 aromatic heterocycles. The lowest BCUT2D eigenvalue weighted by molar-refractivity contribution is -0.136. The number of hydrogen-bond donors (Lipinski definition) is 3. The number of hydrogen-bond acceptors (Lipinski definition) is 4. The molecule has 2 aromatic rings. The first-order valence-corrected chi connectivity index (χ1v) is 14.2. The van der Waals surface area contributed by atoms with Crippen molar-refractivity contribution in [3.63, 3.8) is 0 Å². The van der Waals surface area contributed by atoms with Crippen LogP contribution in [0.3, 0.4) is 0 Å². The molecule has 1 atom stereocenters. The molecular formula is C31H39F2N3O5. The first-order valence-electron chi connectivity index (χ1n) is 14.2. The van der Waals surface area contributed by atoms with Gasteiger partial charge in [-0.25, -0.2) is 4.79 Å². The number of carboxylic acids is 1. The number of rotatable bonds is 9. The maximum atomic E-state index is 13.8. The maximum Gasteiger partial charge on any atom is 0.387 e. The minimum atomic E-state index is -2.92. The molecule has 0 saturated heterocycles. The molecule has 2 aromatic carbocycles. The van der Waals surface area contributed by atoms with Crippen molar-refractivity contribution < 1.29 is 33.0 Å². The van der Waals surface area contributed by atoms with Crippen LogP contribution in [0.15, 0.2) is 42.5 Å². The lowest BCUT2D eigenvalue weighted by Crippen LogP contribution is -2.47. The molecule has 0 radical (unpaired) electrons. The fourth-order valence-electron chi connectivity index (χ4n) is 6.10. The Bertz CT molecular complexity index is 1240. The number of amides is 3. The highest BCUT2D eigenvalue weighted by Gasteiger charge is 2.39. The molecule has 3 N–H and O–H groups in total. The van der Waals surface area contributed by atoms with Crippen LogP contribution in [0.5, 0.6) is 5.75 Å². The van der Waals surface area contributed by atoms with E-state index in [9.17, 15) is 23.2 Å². The lowest BCUT2D eigenvalue weighted by atomic mass is 9.71. The molecule has 41 heavy (non-hydrogen) atoms. The molecule has 2 aliphatic carbocycles. The van der Waals surface area contributed by atoms with Crippen molar-refractivity contribution in [3.05, 3.63) is 59.2 Å². The third-order valence-corrected chi connectivity index (χ3v) is 8.29. The fraction of sp³-hybridized carbons (Fsp3) is 0.516. The van der Waals surface area contributed by atoms with Crippen LogP contribution in [0.25, 0.3) is 0 Å². The number of carboxylic acid groups (broad SMARTS) is 1.